The molecule has 24 heavy (non-hydrogen) atoms. The normalized spacial score (nSPS) is 18.8. The molecule has 1 aliphatic heterocycles. The smallest absolute Gasteiger partial charge is 0.239 e. The summed E-state index contributed by atoms with van der Waals surface area (Å²) in [6.45, 7) is 7.13. The van der Waals surface area contributed by atoms with Crippen molar-refractivity contribution in [1.82, 2.24) is 5.32 Å². The molecule has 0 aliphatic carbocycles. The van der Waals surface area contributed by atoms with Crippen molar-refractivity contribution in [3.63, 3.8) is 0 Å². The molecule has 0 aromatic heterocycles. The highest BCUT2D eigenvalue weighted by molar-refractivity contribution is 6.09. The Kier molecular flexibility index (Phi) is 6.37. The summed E-state index contributed by atoms with van der Waals surface area (Å²) in [5.41, 5.74) is 8.86. The maximum atomic E-state index is 12.7. The number of carbonyl (C=O) groups excluding carboxylic acids is 2. The second-order valence-corrected chi connectivity index (χ2v) is 6.76. The standard InChI is InChI=1S/C19H29N3O2/c1-4-5-6-15(12-20)21-18(23)17-7-8-22(19(17)24)16-10-13(2)9-14(3)11-16/h9-11,15,17H,4-8,12,20H2,1-3H3,(H,21,23). The van der Waals surface area contributed by atoms with Gasteiger partial charge in [-0.1, -0.05) is 25.8 Å². The van der Waals surface area contributed by atoms with Gasteiger partial charge in [0.05, 0.1) is 0 Å². The van der Waals surface area contributed by atoms with Gasteiger partial charge < -0.3 is 16.0 Å². The minimum atomic E-state index is -0.596. The van der Waals surface area contributed by atoms with Crippen molar-refractivity contribution in [2.45, 2.75) is 52.5 Å². The number of anilines is 1. The van der Waals surface area contributed by atoms with Crippen LogP contribution in [0.2, 0.25) is 0 Å². The Morgan fingerprint density at radius 3 is 2.58 bits per heavy atom. The minimum absolute atomic E-state index is 0.0412. The lowest BCUT2D eigenvalue weighted by Crippen LogP contribution is -2.45. The topological polar surface area (TPSA) is 75.4 Å². The number of hydrogen-bond acceptors (Lipinski definition) is 3. The zero-order valence-corrected chi connectivity index (χ0v) is 15.0. The molecule has 2 amide bonds. The number of unbranched alkanes of at least 4 members (excludes halogenated alkanes) is 1. The molecule has 3 N–H and O–H groups in total. The van der Waals surface area contributed by atoms with Gasteiger partial charge in [-0.15, -0.1) is 0 Å². The highest BCUT2D eigenvalue weighted by atomic mass is 16.2. The third-order valence-electron chi connectivity index (χ3n) is 4.58. The highest BCUT2D eigenvalue weighted by Gasteiger charge is 2.38. The molecule has 2 atom stereocenters. The molecular weight excluding hydrogens is 302 g/mol. The van der Waals surface area contributed by atoms with E-state index in [0.29, 0.717) is 19.5 Å². The molecule has 0 spiro atoms. The SMILES string of the molecule is CCCCC(CN)NC(=O)C1CCN(c2cc(C)cc(C)c2)C1=O. The van der Waals surface area contributed by atoms with Crippen molar-refractivity contribution in [2.24, 2.45) is 11.7 Å². The predicted molar refractivity (Wildman–Crippen MR) is 96.9 cm³/mol. The van der Waals surface area contributed by atoms with Crippen LogP contribution in [0.1, 0.15) is 43.7 Å². The number of nitrogens with zero attached hydrogens (tertiary/aromatic N) is 1. The van der Waals surface area contributed by atoms with E-state index in [1.54, 1.807) is 4.90 Å². The number of benzene rings is 1. The third kappa shape index (κ3) is 4.35. The third-order valence-corrected chi connectivity index (χ3v) is 4.58. The molecule has 2 rings (SSSR count). The molecule has 1 aliphatic rings. The largest absolute Gasteiger partial charge is 0.351 e. The van der Waals surface area contributed by atoms with Crippen LogP contribution in [0.3, 0.4) is 0 Å². The second kappa shape index (κ2) is 8.29. The first kappa shape index (κ1) is 18.5. The fourth-order valence-electron chi connectivity index (χ4n) is 3.29. The maximum Gasteiger partial charge on any atom is 0.239 e. The van der Waals surface area contributed by atoms with Crippen molar-refractivity contribution in [1.29, 1.82) is 0 Å². The number of carbonyl (C=O) groups is 2. The summed E-state index contributed by atoms with van der Waals surface area (Å²) in [5, 5.41) is 2.96. The molecule has 1 aromatic rings. The monoisotopic (exact) mass is 331 g/mol. The average Bonchev–Trinajstić information content (AvgIpc) is 2.92. The van der Waals surface area contributed by atoms with Gasteiger partial charge in [0, 0.05) is 24.8 Å². The summed E-state index contributed by atoms with van der Waals surface area (Å²) >= 11 is 0. The van der Waals surface area contributed by atoms with Crippen LogP contribution in [0.5, 0.6) is 0 Å². The zero-order valence-electron chi connectivity index (χ0n) is 15.0. The summed E-state index contributed by atoms with van der Waals surface area (Å²) in [4.78, 5) is 26.9. The van der Waals surface area contributed by atoms with E-state index in [0.717, 1.165) is 36.1 Å². The molecule has 0 saturated carbocycles. The molecular formula is C19H29N3O2. The lowest BCUT2D eigenvalue weighted by Gasteiger charge is -2.20. The number of aryl methyl sites for hydroxylation is 2. The van der Waals surface area contributed by atoms with Gasteiger partial charge in [-0.2, -0.15) is 0 Å². The number of nitrogens with one attached hydrogen (secondary N) is 1. The van der Waals surface area contributed by atoms with Gasteiger partial charge in [0.15, 0.2) is 0 Å². The Hall–Kier alpha value is -1.88. The minimum Gasteiger partial charge on any atom is -0.351 e. The molecule has 1 heterocycles. The first-order valence-corrected chi connectivity index (χ1v) is 8.86. The van der Waals surface area contributed by atoms with Crippen LogP contribution in [-0.2, 0) is 9.59 Å². The van der Waals surface area contributed by atoms with Gasteiger partial charge in [-0.3, -0.25) is 9.59 Å². The quantitative estimate of drug-likeness (QED) is 0.753. The van der Waals surface area contributed by atoms with Crippen molar-refractivity contribution in [2.75, 3.05) is 18.0 Å². The molecule has 2 unspecified atom stereocenters. The Labute approximate surface area is 144 Å². The number of nitrogens with two attached hydrogens (primary N) is 1. The zero-order chi connectivity index (χ0) is 17.7. The first-order chi connectivity index (χ1) is 11.5. The Balaban J connectivity index is 2.03. The van der Waals surface area contributed by atoms with Crippen LogP contribution in [0.4, 0.5) is 5.69 Å². The Morgan fingerprint density at radius 1 is 1.33 bits per heavy atom. The molecule has 132 valence electrons. The van der Waals surface area contributed by atoms with Gasteiger partial charge in [0.2, 0.25) is 11.8 Å². The summed E-state index contributed by atoms with van der Waals surface area (Å²) in [5.74, 6) is -0.885. The van der Waals surface area contributed by atoms with E-state index in [2.05, 4.69) is 18.3 Å². The second-order valence-electron chi connectivity index (χ2n) is 6.76. The van der Waals surface area contributed by atoms with Crippen molar-refractivity contribution in [3.8, 4) is 0 Å². The Morgan fingerprint density at radius 2 is 2.00 bits per heavy atom. The number of rotatable bonds is 7. The fourth-order valence-corrected chi connectivity index (χ4v) is 3.29. The maximum absolute atomic E-state index is 12.7. The summed E-state index contributed by atoms with van der Waals surface area (Å²) in [6.07, 6.45) is 3.51. The predicted octanol–water partition coefficient (Wildman–Crippen LogP) is 2.29. The fraction of sp³-hybridized carbons (Fsp3) is 0.579. The van der Waals surface area contributed by atoms with Crippen molar-refractivity contribution in [3.05, 3.63) is 29.3 Å². The van der Waals surface area contributed by atoms with Crippen LogP contribution >= 0.6 is 0 Å². The van der Waals surface area contributed by atoms with Gasteiger partial charge >= 0.3 is 0 Å². The molecule has 0 radical (unpaired) electrons. The van der Waals surface area contributed by atoms with Gasteiger partial charge in [0.1, 0.15) is 5.92 Å². The molecule has 5 nitrogen and oxygen atoms in total. The van der Waals surface area contributed by atoms with E-state index in [9.17, 15) is 9.59 Å². The van der Waals surface area contributed by atoms with Crippen molar-refractivity contribution < 1.29 is 9.59 Å². The van der Waals surface area contributed by atoms with E-state index < -0.39 is 5.92 Å². The molecule has 1 aromatic carbocycles. The van der Waals surface area contributed by atoms with Crippen LogP contribution in [0, 0.1) is 19.8 Å². The van der Waals surface area contributed by atoms with Gasteiger partial charge in [-0.05, 0) is 49.9 Å². The van der Waals surface area contributed by atoms with Gasteiger partial charge in [-0.25, -0.2) is 0 Å². The lowest BCUT2D eigenvalue weighted by atomic mass is 10.0. The van der Waals surface area contributed by atoms with E-state index in [-0.39, 0.29) is 17.9 Å². The highest BCUT2D eigenvalue weighted by Crippen LogP contribution is 2.27. The molecule has 5 heteroatoms. The molecule has 0 bridgehead atoms. The average molecular weight is 331 g/mol. The van der Waals surface area contributed by atoms with E-state index in [1.807, 2.05) is 26.0 Å². The van der Waals surface area contributed by atoms with Gasteiger partial charge in [0.25, 0.3) is 0 Å². The molecule has 1 fully saturated rings. The van der Waals surface area contributed by atoms with Crippen molar-refractivity contribution >= 4 is 17.5 Å². The summed E-state index contributed by atoms with van der Waals surface area (Å²) in [7, 11) is 0. The first-order valence-electron chi connectivity index (χ1n) is 8.86. The number of hydrogen-bond donors (Lipinski definition) is 2. The van der Waals surface area contributed by atoms with Crippen LogP contribution in [0.25, 0.3) is 0 Å². The van der Waals surface area contributed by atoms with E-state index in [4.69, 9.17) is 5.73 Å². The molecule has 1 saturated heterocycles. The summed E-state index contributed by atoms with van der Waals surface area (Å²) in [6, 6.07) is 6.03. The van der Waals surface area contributed by atoms with Crippen LogP contribution in [-0.4, -0.2) is 30.9 Å². The lowest BCUT2D eigenvalue weighted by molar-refractivity contribution is -0.132. The van der Waals surface area contributed by atoms with E-state index >= 15 is 0 Å². The van der Waals surface area contributed by atoms with E-state index in [1.165, 1.54) is 0 Å². The number of amides is 2. The van der Waals surface area contributed by atoms with Crippen LogP contribution in [0.15, 0.2) is 18.2 Å². The Bertz CT molecular complexity index is 580. The summed E-state index contributed by atoms with van der Waals surface area (Å²) < 4.78 is 0. The van der Waals surface area contributed by atoms with Crippen LogP contribution < -0.4 is 16.0 Å².